The molecule has 3 nitrogen and oxygen atoms in total. The summed E-state index contributed by atoms with van der Waals surface area (Å²) in [6.07, 6.45) is 3.63. The number of fused-ring (bicyclic) bond motifs is 2. The Morgan fingerprint density at radius 2 is 1.64 bits per heavy atom. The van der Waals surface area contributed by atoms with Gasteiger partial charge in [0.2, 0.25) is 0 Å². The topological polar surface area (TPSA) is 35.0 Å². The summed E-state index contributed by atoms with van der Waals surface area (Å²) in [5.41, 5.74) is 7.89. The van der Waals surface area contributed by atoms with Gasteiger partial charge in [0.05, 0.1) is 0 Å². The third kappa shape index (κ3) is 6.03. The first-order valence-corrected chi connectivity index (χ1v) is 12.8. The van der Waals surface area contributed by atoms with Gasteiger partial charge in [-0.15, -0.1) is 54.1 Å². The molecule has 0 saturated carbocycles. The van der Waals surface area contributed by atoms with Crippen LogP contribution in [-0.4, -0.2) is 9.97 Å². The van der Waals surface area contributed by atoms with Crippen molar-refractivity contribution < 1.29 is 26.2 Å². The van der Waals surface area contributed by atoms with Crippen molar-refractivity contribution >= 4 is 0 Å². The molecule has 6 rings (SSSR count). The maximum absolute atomic E-state index is 8.31. The van der Waals surface area contributed by atoms with E-state index in [9.17, 15) is 0 Å². The maximum atomic E-state index is 8.31. The minimum atomic E-state index is -0.681. The normalized spacial score (nSPS) is 13.3. The van der Waals surface area contributed by atoms with Gasteiger partial charge in [0.25, 0.3) is 0 Å². The van der Waals surface area contributed by atoms with Crippen LogP contribution in [0.3, 0.4) is 0 Å². The van der Waals surface area contributed by atoms with Gasteiger partial charge in [0.15, 0.2) is 0 Å². The van der Waals surface area contributed by atoms with Crippen LogP contribution in [0.2, 0.25) is 0 Å². The van der Waals surface area contributed by atoms with Crippen LogP contribution in [0.25, 0.3) is 22.5 Å². The molecule has 0 saturated heterocycles. The number of hydrogen-bond donors (Lipinski definition) is 0. The number of nitrogens with zero attached hydrogens (tertiary/aromatic N) is 2. The summed E-state index contributed by atoms with van der Waals surface area (Å²) in [4.78, 5) is 8.86. The van der Waals surface area contributed by atoms with Crippen LogP contribution in [0.4, 0.5) is 0 Å². The summed E-state index contributed by atoms with van der Waals surface area (Å²) in [5, 5.41) is 0. The molecular formula is C35H32IrN2O-2. The minimum Gasteiger partial charge on any atom is -0.501 e. The van der Waals surface area contributed by atoms with Gasteiger partial charge in [-0.3, -0.25) is 0 Å². The van der Waals surface area contributed by atoms with E-state index in [1.165, 1.54) is 11.1 Å². The first-order chi connectivity index (χ1) is 18.6. The predicted molar refractivity (Wildman–Crippen MR) is 154 cm³/mol. The number of aryl methyl sites for hydroxylation is 1. The van der Waals surface area contributed by atoms with Crippen LogP contribution < -0.4 is 4.74 Å². The van der Waals surface area contributed by atoms with Crippen molar-refractivity contribution in [3.05, 3.63) is 132 Å². The van der Waals surface area contributed by atoms with Crippen LogP contribution in [0.5, 0.6) is 11.5 Å². The van der Waals surface area contributed by atoms with Crippen molar-refractivity contribution in [2.45, 2.75) is 45.9 Å². The molecule has 1 radical (unpaired) electrons. The molecule has 5 aromatic rings. The van der Waals surface area contributed by atoms with E-state index >= 15 is 0 Å². The van der Waals surface area contributed by atoms with Gasteiger partial charge < -0.3 is 14.7 Å². The largest absolute Gasteiger partial charge is 0.501 e. The fourth-order valence-electron chi connectivity index (χ4n) is 4.66. The van der Waals surface area contributed by atoms with Gasteiger partial charge in [0.1, 0.15) is 5.75 Å². The average Bonchev–Trinajstić information content (AvgIpc) is 2.94. The monoisotopic (exact) mass is 690 g/mol. The maximum Gasteiger partial charge on any atom is 0.118 e. The third-order valence-corrected chi connectivity index (χ3v) is 6.88. The van der Waals surface area contributed by atoms with E-state index in [-0.39, 0.29) is 25.5 Å². The molecule has 0 bridgehead atoms. The molecule has 4 heteroatoms. The molecule has 0 aliphatic carbocycles. The molecule has 0 amide bonds. The van der Waals surface area contributed by atoms with Gasteiger partial charge in [-0.2, -0.15) is 0 Å². The number of pyridine rings is 2. The van der Waals surface area contributed by atoms with E-state index in [0.717, 1.165) is 45.1 Å². The van der Waals surface area contributed by atoms with Gasteiger partial charge in [-0.05, 0) is 41.9 Å². The van der Waals surface area contributed by atoms with Crippen LogP contribution >= 0.6 is 0 Å². The molecule has 0 unspecified atom stereocenters. The zero-order valence-corrected chi connectivity index (χ0v) is 25.3. The smallest absolute Gasteiger partial charge is 0.118 e. The second kappa shape index (κ2) is 12.1. The number of ether oxygens (including phenoxy) is 1. The van der Waals surface area contributed by atoms with Crippen molar-refractivity contribution in [3.8, 4) is 34.0 Å². The van der Waals surface area contributed by atoms with Crippen molar-refractivity contribution in [1.29, 1.82) is 0 Å². The van der Waals surface area contributed by atoms with Crippen LogP contribution in [-0.2, 0) is 25.5 Å². The summed E-state index contributed by atoms with van der Waals surface area (Å²) in [7, 11) is 0. The molecule has 0 fully saturated rings. The molecule has 1 aliphatic rings. The molecule has 0 N–H and O–H groups in total. The number of aromatic nitrogens is 2. The zero-order chi connectivity index (χ0) is 27.6. The Bertz CT molecular complexity index is 1590. The number of rotatable bonds is 3. The Labute approximate surface area is 247 Å². The molecule has 3 heterocycles. The number of para-hydroxylation sites is 1. The van der Waals surface area contributed by atoms with Gasteiger partial charge in [0, 0.05) is 50.6 Å². The second-order valence-corrected chi connectivity index (χ2v) is 10.2. The van der Waals surface area contributed by atoms with Crippen molar-refractivity contribution in [1.82, 2.24) is 9.97 Å². The molecule has 0 spiro atoms. The zero-order valence-electron chi connectivity index (χ0n) is 23.9. The summed E-state index contributed by atoms with van der Waals surface area (Å²) in [6, 6.07) is 34.4. The molecule has 3 aromatic carbocycles. The SMILES string of the molecule is Cc1ccc(-c2[c-]cccc2)nc1.[2H]C(C)(C)c1ccnc(-c2[c-]ccc3c2Oc2ccccc2C3(C)C)c1.[Ir]. The van der Waals surface area contributed by atoms with E-state index in [0.29, 0.717) is 0 Å². The molecular weight excluding hydrogens is 657 g/mol. The summed E-state index contributed by atoms with van der Waals surface area (Å²) >= 11 is 0. The molecule has 2 aromatic heterocycles. The second-order valence-electron chi connectivity index (χ2n) is 10.2. The van der Waals surface area contributed by atoms with E-state index < -0.39 is 5.89 Å². The third-order valence-electron chi connectivity index (χ3n) is 6.88. The van der Waals surface area contributed by atoms with Gasteiger partial charge in [-0.25, -0.2) is 0 Å². The standard InChI is InChI=1S/C23H22NO.C12H10N.Ir/c1-15(2)16-12-13-24-20(14-16)17-8-7-10-19-22(17)25-21-11-6-5-9-18(21)23(19,3)4;1-10-7-8-12(13-9-10)11-5-3-2-4-6-11;/h5-7,9-15H,1-4H3;2-5,7-9H,1H3;/q2*-1;/i15D;;. The van der Waals surface area contributed by atoms with E-state index in [4.69, 9.17) is 6.11 Å². The van der Waals surface area contributed by atoms with E-state index in [2.05, 4.69) is 54.1 Å². The fraction of sp³-hybridized carbons (Fsp3) is 0.200. The van der Waals surface area contributed by atoms with Crippen molar-refractivity contribution in [2.24, 2.45) is 0 Å². The van der Waals surface area contributed by atoms with E-state index in [1.54, 1.807) is 6.20 Å². The van der Waals surface area contributed by atoms with Gasteiger partial charge in [-0.1, -0.05) is 80.8 Å². The summed E-state index contributed by atoms with van der Waals surface area (Å²) in [5.74, 6) is 1.01. The average molecular weight is 690 g/mol. The Hall–Kier alpha value is -3.59. The Morgan fingerprint density at radius 1 is 0.846 bits per heavy atom. The fourth-order valence-corrected chi connectivity index (χ4v) is 4.66. The van der Waals surface area contributed by atoms with Gasteiger partial charge >= 0.3 is 0 Å². The number of benzene rings is 3. The molecule has 0 atom stereocenters. The summed E-state index contributed by atoms with van der Waals surface area (Å²) < 4.78 is 14.6. The minimum absolute atomic E-state index is 0. The van der Waals surface area contributed by atoms with Crippen LogP contribution in [0.1, 0.15) is 57.2 Å². The molecule has 1 aliphatic heterocycles. The quantitative estimate of drug-likeness (QED) is 0.178. The van der Waals surface area contributed by atoms with Crippen molar-refractivity contribution in [3.63, 3.8) is 0 Å². The number of hydrogen-bond acceptors (Lipinski definition) is 3. The first kappa shape index (κ1) is 27.0. The predicted octanol–water partition coefficient (Wildman–Crippen LogP) is 8.96. The Morgan fingerprint density at radius 3 is 2.36 bits per heavy atom. The molecule has 39 heavy (non-hydrogen) atoms. The summed E-state index contributed by atoms with van der Waals surface area (Å²) in [6.45, 7) is 10.2. The van der Waals surface area contributed by atoms with E-state index in [1.807, 2.05) is 93.7 Å². The van der Waals surface area contributed by atoms with Crippen LogP contribution in [0.15, 0.2) is 97.3 Å². The Balaban J connectivity index is 0.000000223. The molecule has 199 valence electrons. The van der Waals surface area contributed by atoms with Crippen LogP contribution in [0, 0.1) is 19.1 Å². The Kier molecular flexibility index (Phi) is 8.35. The first-order valence-electron chi connectivity index (χ1n) is 13.3. The van der Waals surface area contributed by atoms with Crippen molar-refractivity contribution in [2.75, 3.05) is 0 Å².